The van der Waals surface area contributed by atoms with Gasteiger partial charge in [0.25, 0.3) is 5.78 Å². The monoisotopic (exact) mass is 290 g/mol. The van der Waals surface area contributed by atoms with Gasteiger partial charge in [-0.05, 0) is 17.7 Å². The van der Waals surface area contributed by atoms with Gasteiger partial charge in [-0.3, -0.25) is 4.79 Å². The van der Waals surface area contributed by atoms with Crippen LogP contribution >= 0.6 is 0 Å². The smallest absolute Gasteiger partial charge is 0.376 e. The van der Waals surface area contributed by atoms with E-state index in [-0.39, 0.29) is 12.0 Å². The molecule has 21 heavy (non-hydrogen) atoms. The van der Waals surface area contributed by atoms with Crippen LogP contribution in [0.15, 0.2) is 47.3 Å². The molecule has 108 valence electrons. The van der Waals surface area contributed by atoms with Crippen LogP contribution in [-0.4, -0.2) is 22.0 Å². The lowest BCUT2D eigenvalue weighted by Crippen LogP contribution is -2.09. The van der Waals surface area contributed by atoms with Gasteiger partial charge in [-0.2, -0.15) is 0 Å². The molecule has 1 aromatic heterocycles. The number of carbonyl (C=O) groups is 2. The van der Waals surface area contributed by atoms with Crippen LogP contribution in [0.1, 0.15) is 16.7 Å². The van der Waals surface area contributed by atoms with Crippen molar-refractivity contribution in [3.8, 4) is 0 Å². The number of carbonyl (C=O) groups excluding carboxylic acids is 1. The number of aliphatic carboxylic acids is 1. The first kappa shape index (κ1) is 14.5. The van der Waals surface area contributed by atoms with E-state index in [1.807, 2.05) is 0 Å². The molecule has 0 atom stereocenters. The van der Waals surface area contributed by atoms with E-state index in [1.165, 1.54) is 24.7 Å². The number of hydrogen-bond acceptors (Lipinski definition) is 4. The van der Waals surface area contributed by atoms with Crippen molar-refractivity contribution in [3.05, 3.63) is 65.4 Å². The van der Waals surface area contributed by atoms with Crippen molar-refractivity contribution in [2.24, 2.45) is 0 Å². The minimum absolute atomic E-state index is 0.189. The van der Waals surface area contributed by atoms with Gasteiger partial charge >= 0.3 is 5.97 Å². The number of hydrogen-bond donors (Lipinski definition) is 2. The fourth-order valence-corrected chi connectivity index (χ4v) is 1.82. The summed E-state index contributed by atoms with van der Waals surface area (Å²) in [6.45, 7) is 0. The van der Waals surface area contributed by atoms with Crippen LogP contribution in [0.3, 0.4) is 0 Å². The largest absolute Gasteiger partial charge is 0.507 e. The molecule has 0 amide bonds. The lowest BCUT2D eigenvalue weighted by atomic mass is 10.0. The Kier molecular flexibility index (Phi) is 4.18. The topological polar surface area (TPSA) is 87.7 Å². The molecular weight excluding hydrogens is 279 g/mol. The van der Waals surface area contributed by atoms with Crippen molar-refractivity contribution >= 4 is 17.5 Å². The van der Waals surface area contributed by atoms with Crippen LogP contribution in [0, 0.1) is 5.82 Å². The Morgan fingerprint density at radius 3 is 2.67 bits per heavy atom. The van der Waals surface area contributed by atoms with Crippen molar-refractivity contribution < 1.29 is 28.6 Å². The van der Waals surface area contributed by atoms with E-state index in [0.29, 0.717) is 17.2 Å². The van der Waals surface area contributed by atoms with E-state index >= 15 is 0 Å². The van der Waals surface area contributed by atoms with Gasteiger partial charge in [-0.1, -0.05) is 12.1 Å². The first-order valence-electron chi connectivity index (χ1n) is 5.95. The lowest BCUT2D eigenvalue weighted by molar-refractivity contribution is -0.146. The molecule has 0 radical (unpaired) electrons. The minimum Gasteiger partial charge on any atom is -0.507 e. The van der Waals surface area contributed by atoms with E-state index < -0.39 is 23.3 Å². The first-order chi connectivity index (χ1) is 9.97. The Bertz CT molecular complexity index is 714. The summed E-state index contributed by atoms with van der Waals surface area (Å²) in [6.07, 6.45) is 3.40. The molecule has 0 unspecified atom stereocenters. The third-order valence-corrected chi connectivity index (χ3v) is 2.78. The van der Waals surface area contributed by atoms with Crippen LogP contribution in [0.2, 0.25) is 0 Å². The van der Waals surface area contributed by atoms with Gasteiger partial charge in [0.2, 0.25) is 0 Å². The summed E-state index contributed by atoms with van der Waals surface area (Å²) in [5.74, 6) is -3.82. The van der Waals surface area contributed by atoms with Crippen LogP contribution in [0.25, 0.3) is 5.76 Å². The highest BCUT2D eigenvalue weighted by Crippen LogP contribution is 2.22. The quantitative estimate of drug-likeness (QED) is 0.502. The zero-order valence-corrected chi connectivity index (χ0v) is 10.7. The van der Waals surface area contributed by atoms with E-state index in [9.17, 15) is 19.1 Å². The number of carboxylic acids is 1. The molecule has 0 aliphatic carbocycles. The van der Waals surface area contributed by atoms with Crippen molar-refractivity contribution in [1.82, 2.24) is 0 Å². The van der Waals surface area contributed by atoms with Gasteiger partial charge in [0.05, 0.1) is 11.8 Å². The molecule has 0 fully saturated rings. The Morgan fingerprint density at radius 1 is 1.24 bits per heavy atom. The summed E-state index contributed by atoms with van der Waals surface area (Å²) in [7, 11) is 0. The number of benzene rings is 1. The summed E-state index contributed by atoms with van der Waals surface area (Å²) in [4.78, 5) is 21.5. The van der Waals surface area contributed by atoms with Crippen LogP contribution in [-0.2, 0) is 16.0 Å². The van der Waals surface area contributed by atoms with Gasteiger partial charge in [0.1, 0.15) is 17.8 Å². The van der Waals surface area contributed by atoms with Gasteiger partial charge in [-0.25, -0.2) is 9.18 Å². The molecular formula is C15H11FO5. The zero-order chi connectivity index (χ0) is 15.4. The molecule has 0 saturated heterocycles. The molecule has 0 aliphatic heterocycles. The number of halogens is 1. The third-order valence-electron chi connectivity index (χ3n) is 2.78. The molecule has 1 heterocycles. The Morgan fingerprint density at radius 2 is 2.00 bits per heavy atom. The van der Waals surface area contributed by atoms with E-state index in [0.717, 1.165) is 0 Å². The molecule has 1 aromatic carbocycles. The van der Waals surface area contributed by atoms with Gasteiger partial charge in [0.15, 0.2) is 0 Å². The molecule has 0 saturated carbocycles. The maximum absolute atomic E-state index is 13.1. The second-order valence-electron chi connectivity index (χ2n) is 4.32. The second-order valence-corrected chi connectivity index (χ2v) is 4.32. The summed E-state index contributed by atoms with van der Waals surface area (Å²) in [5, 5.41) is 18.3. The number of rotatable bonds is 5. The van der Waals surface area contributed by atoms with Crippen molar-refractivity contribution in [2.45, 2.75) is 6.42 Å². The predicted octanol–water partition coefficient (Wildman–Crippen LogP) is 2.56. The molecule has 6 heteroatoms. The average molecular weight is 290 g/mol. The van der Waals surface area contributed by atoms with Crippen molar-refractivity contribution in [2.75, 3.05) is 0 Å². The molecule has 2 N–H and O–H groups in total. The SMILES string of the molecule is O=C(O)C(=O)C=C(O)c1cocc1Cc1cccc(F)c1. The van der Waals surface area contributed by atoms with Gasteiger partial charge in [0, 0.05) is 18.1 Å². The highest BCUT2D eigenvalue weighted by molar-refractivity contribution is 6.38. The zero-order valence-electron chi connectivity index (χ0n) is 10.7. The summed E-state index contributed by atoms with van der Waals surface area (Å²) >= 11 is 0. The molecule has 0 aliphatic rings. The summed E-state index contributed by atoms with van der Waals surface area (Å²) in [6, 6.07) is 5.89. The molecule has 2 rings (SSSR count). The maximum atomic E-state index is 13.1. The fraction of sp³-hybridized carbons (Fsp3) is 0.0667. The Balaban J connectivity index is 2.26. The highest BCUT2D eigenvalue weighted by atomic mass is 19.1. The van der Waals surface area contributed by atoms with E-state index in [4.69, 9.17) is 9.52 Å². The minimum atomic E-state index is -1.67. The van der Waals surface area contributed by atoms with Crippen LogP contribution in [0.5, 0.6) is 0 Å². The standard InChI is InChI=1S/C15H11FO5/c16-11-3-1-2-9(5-11)4-10-7-21-8-12(10)13(17)6-14(18)15(19)20/h1-3,5-8,17H,4H2,(H,19,20). The normalized spacial score (nSPS) is 11.4. The van der Waals surface area contributed by atoms with Gasteiger partial charge < -0.3 is 14.6 Å². The number of furan rings is 1. The number of ketones is 1. The molecule has 0 bridgehead atoms. The highest BCUT2D eigenvalue weighted by Gasteiger charge is 2.15. The first-order valence-corrected chi connectivity index (χ1v) is 5.95. The Labute approximate surface area is 118 Å². The maximum Gasteiger partial charge on any atom is 0.376 e. The van der Waals surface area contributed by atoms with Crippen molar-refractivity contribution in [3.63, 3.8) is 0 Å². The van der Waals surface area contributed by atoms with Crippen LogP contribution < -0.4 is 0 Å². The number of aliphatic hydroxyl groups is 1. The van der Waals surface area contributed by atoms with Crippen molar-refractivity contribution in [1.29, 1.82) is 0 Å². The van der Waals surface area contributed by atoms with E-state index in [1.54, 1.807) is 12.1 Å². The Hall–Kier alpha value is -2.89. The number of carboxylic acid groups (broad SMARTS) is 1. The third kappa shape index (κ3) is 3.56. The fourth-order valence-electron chi connectivity index (χ4n) is 1.82. The molecule has 2 aromatic rings. The van der Waals surface area contributed by atoms with Gasteiger partial charge in [-0.15, -0.1) is 0 Å². The average Bonchev–Trinajstić information content (AvgIpc) is 2.86. The van der Waals surface area contributed by atoms with E-state index in [2.05, 4.69) is 0 Å². The lowest BCUT2D eigenvalue weighted by Gasteiger charge is -2.03. The summed E-state index contributed by atoms with van der Waals surface area (Å²) in [5.41, 5.74) is 1.34. The second kappa shape index (κ2) is 6.04. The summed E-state index contributed by atoms with van der Waals surface area (Å²) < 4.78 is 18.1. The predicted molar refractivity (Wildman–Crippen MR) is 71.2 cm³/mol. The molecule has 5 nitrogen and oxygen atoms in total. The van der Waals surface area contributed by atoms with Crippen LogP contribution in [0.4, 0.5) is 4.39 Å². The number of aliphatic hydroxyl groups excluding tert-OH is 1. The molecule has 0 spiro atoms.